The molecular formula is C12H21NO5S. The van der Waals surface area contributed by atoms with Crippen molar-refractivity contribution in [2.45, 2.75) is 56.4 Å². The standard InChI is InChI=1S/C12H21NO5S/c1-11(2,3)18-10(16)13-8-6(9(14)15)7(19-8)12(4,5)17/h6-8,17H,1-5H3,(H,13,16)(H,14,15)/t6-,7?,8?/m1/s1. The van der Waals surface area contributed by atoms with Crippen molar-refractivity contribution in [3.63, 3.8) is 0 Å². The number of carbonyl (C=O) groups excluding carboxylic acids is 1. The Morgan fingerprint density at radius 3 is 2.11 bits per heavy atom. The molecule has 6 nitrogen and oxygen atoms in total. The van der Waals surface area contributed by atoms with Crippen LogP contribution in [0, 0.1) is 5.92 Å². The number of amides is 1. The van der Waals surface area contributed by atoms with Gasteiger partial charge in [0, 0.05) is 0 Å². The average molecular weight is 291 g/mol. The number of carbonyl (C=O) groups is 2. The molecule has 0 bridgehead atoms. The van der Waals surface area contributed by atoms with Crippen LogP contribution in [0.1, 0.15) is 34.6 Å². The van der Waals surface area contributed by atoms with Gasteiger partial charge in [0.25, 0.3) is 0 Å². The van der Waals surface area contributed by atoms with Crippen LogP contribution in [0.25, 0.3) is 0 Å². The molecule has 1 saturated heterocycles. The van der Waals surface area contributed by atoms with Crippen LogP contribution in [0.5, 0.6) is 0 Å². The Kier molecular flexibility index (Phi) is 4.41. The number of carboxylic acids is 1. The lowest BCUT2D eigenvalue weighted by Gasteiger charge is -2.46. The molecule has 0 aromatic rings. The molecule has 1 aliphatic rings. The van der Waals surface area contributed by atoms with Crippen molar-refractivity contribution in [1.82, 2.24) is 5.32 Å². The lowest BCUT2D eigenvalue weighted by atomic mass is 9.91. The molecule has 1 rings (SSSR count). The molecule has 19 heavy (non-hydrogen) atoms. The van der Waals surface area contributed by atoms with Gasteiger partial charge >= 0.3 is 12.1 Å². The second kappa shape index (κ2) is 5.20. The highest BCUT2D eigenvalue weighted by Crippen LogP contribution is 2.46. The van der Waals surface area contributed by atoms with Gasteiger partial charge in [-0.15, -0.1) is 11.8 Å². The molecule has 0 spiro atoms. The third kappa shape index (κ3) is 4.28. The van der Waals surface area contributed by atoms with Gasteiger partial charge in [-0.2, -0.15) is 0 Å². The van der Waals surface area contributed by atoms with E-state index in [1.165, 1.54) is 11.8 Å². The Morgan fingerprint density at radius 1 is 1.21 bits per heavy atom. The molecule has 0 saturated carbocycles. The highest BCUT2D eigenvalue weighted by molar-refractivity contribution is 8.02. The average Bonchev–Trinajstić information content (AvgIpc) is 2.04. The molecule has 0 radical (unpaired) electrons. The van der Waals surface area contributed by atoms with Crippen LogP contribution in [0.2, 0.25) is 0 Å². The van der Waals surface area contributed by atoms with Crippen molar-refractivity contribution < 1.29 is 24.5 Å². The first-order chi connectivity index (χ1) is 8.42. The number of aliphatic hydroxyl groups is 1. The maximum Gasteiger partial charge on any atom is 0.408 e. The summed E-state index contributed by atoms with van der Waals surface area (Å²) in [6, 6.07) is 0. The normalized spacial score (nSPS) is 27.4. The van der Waals surface area contributed by atoms with Crippen molar-refractivity contribution in [1.29, 1.82) is 0 Å². The molecule has 110 valence electrons. The van der Waals surface area contributed by atoms with Gasteiger partial charge in [-0.1, -0.05) is 0 Å². The zero-order valence-electron chi connectivity index (χ0n) is 11.8. The Balaban J connectivity index is 2.62. The molecule has 2 unspecified atom stereocenters. The molecule has 1 aliphatic heterocycles. The van der Waals surface area contributed by atoms with Gasteiger partial charge in [-0.3, -0.25) is 4.79 Å². The summed E-state index contributed by atoms with van der Waals surface area (Å²) >= 11 is 1.23. The first-order valence-electron chi connectivity index (χ1n) is 6.02. The number of hydrogen-bond donors (Lipinski definition) is 3. The summed E-state index contributed by atoms with van der Waals surface area (Å²) in [7, 11) is 0. The smallest absolute Gasteiger partial charge is 0.408 e. The summed E-state index contributed by atoms with van der Waals surface area (Å²) in [4.78, 5) is 22.8. The van der Waals surface area contributed by atoms with Crippen LogP contribution < -0.4 is 5.32 Å². The second-order valence-corrected chi connectivity index (χ2v) is 7.43. The monoisotopic (exact) mass is 291 g/mol. The van der Waals surface area contributed by atoms with E-state index in [0.29, 0.717) is 0 Å². The molecule has 3 atom stereocenters. The Labute approximate surface area is 116 Å². The van der Waals surface area contributed by atoms with Crippen molar-refractivity contribution in [2.75, 3.05) is 0 Å². The Hall–Kier alpha value is -0.950. The summed E-state index contributed by atoms with van der Waals surface area (Å²) < 4.78 is 5.07. The third-order valence-electron chi connectivity index (χ3n) is 2.59. The summed E-state index contributed by atoms with van der Waals surface area (Å²) in [5, 5.41) is 20.5. The fourth-order valence-corrected chi connectivity index (χ4v) is 3.24. The zero-order valence-corrected chi connectivity index (χ0v) is 12.6. The Bertz CT molecular complexity index is 371. The van der Waals surface area contributed by atoms with E-state index in [-0.39, 0.29) is 0 Å². The van der Waals surface area contributed by atoms with E-state index >= 15 is 0 Å². The van der Waals surface area contributed by atoms with E-state index in [1.807, 2.05) is 0 Å². The van der Waals surface area contributed by atoms with Gasteiger partial charge in [0.15, 0.2) is 0 Å². The van der Waals surface area contributed by atoms with Gasteiger partial charge in [0.2, 0.25) is 0 Å². The quantitative estimate of drug-likeness (QED) is 0.728. The number of thioether (sulfide) groups is 1. The largest absolute Gasteiger partial charge is 0.481 e. The third-order valence-corrected chi connectivity index (χ3v) is 4.45. The molecule has 1 amide bonds. The highest BCUT2D eigenvalue weighted by Gasteiger charge is 2.53. The van der Waals surface area contributed by atoms with Gasteiger partial charge < -0.3 is 20.3 Å². The van der Waals surface area contributed by atoms with Gasteiger partial charge in [0.1, 0.15) is 11.5 Å². The predicted molar refractivity (Wildman–Crippen MR) is 72.0 cm³/mol. The zero-order chi connectivity index (χ0) is 15.0. The van der Waals surface area contributed by atoms with Gasteiger partial charge in [0.05, 0.1) is 16.2 Å². The van der Waals surface area contributed by atoms with E-state index < -0.39 is 39.8 Å². The first kappa shape index (κ1) is 16.1. The molecular weight excluding hydrogens is 270 g/mol. The molecule has 0 aromatic heterocycles. The first-order valence-corrected chi connectivity index (χ1v) is 6.96. The number of aliphatic carboxylic acids is 1. The fraction of sp³-hybridized carbons (Fsp3) is 0.833. The van der Waals surface area contributed by atoms with Crippen molar-refractivity contribution in [3.8, 4) is 0 Å². The number of hydrogen-bond acceptors (Lipinski definition) is 5. The number of carboxylic acid groups (broad SMARTS) is 1. The lowest BCUT2D eigenvalue weighted by molar-refractivity contribution is -0.144. The molecule has 1 heterocycles. The van der Waals surface area contributed by atoms with E-state index in [0.717, 1.165) is 0 Å². The number of alkyl carbamates (subject to hydrolysis) is 1. The number of rotatable bonds is 3. The predicted octanol–water partition coefficient (Wildman–Crippen LogP) is 1.42. The van der Waals surface area contributed by atoms with Crippen LogP contribution in [0.15, 0.2) is 0 Å². The lowest BCUT2D eigenvalue weighted by Crippen LogP contribution is -2.61. The van der Waals surface area contributed by atoms with Gasteiger partial charge in [-0.25, -0.2) is 4.79 Å². The number of nitrogens with one attached hydrogen (secondary N) is 1. The maximum absolute atomic E-state index is 11.6. The van der Waals surface area contributed by atoms with Crippen LogP contribution in [0.4, 0.5) is 4.79 Å². The van der Waals surface area contributed by atoms with Crippen LogP contribution in [0.3, 0.4) is 0 Å². The molecule has 7 heteroatoms. The highest BCUT2D eigenvalue weighted by atomic mass is 32.2. The van der Waals surface area contributed by atoms with Crippen molar-refractivity contribution >= 4 is 23.8 Å². The maximum atomic E-state index is 11.6. The van der Waals surface area contributed by atoms with Crippen molar-refractivity contribution in [3.05, 3.63) is 0 Å². The molecule has 0 aliphatic carbocycles. The van der Waals surface area contributed by atoms with Crippen molar-refractivity contribution in [2.24, 2.45) is 5.92 Å². The topological polar surface area (TPSA) is 95.9 Å². The Morgan fingerprint density at radius 2 is 1.74 bits per heavy atom. The minimum atomic E-state index is -1.11. The molecule has 3 N–H and O–H groups in total. The second-order valence-electron chi connectivity index (χ2n) is 6.14. The summed E-state index contributed by atoms with van der Waals surface area (Å²) in [6.45, 7) is 8.31. The van der Waals surface area contributed by atoms with Crippen LogP contribution in [-0.2, 0) is 9.53 Å². The SMILES string of the molecule is CC(C)(C)OC(=O)NC1SC(C(C)(C)O)[C@H]1C(=O)O. The summed E-state index contributed by atoms with van der Waals surface area (Å²) in [5.41, 5.74) is -1.74. The van der Waals surface area contributed by atoms with E-state index in [2.05, 4.69) is 5.32 Å². The van der Waals surface area contributed by atoms with E-state index in [4.69, 9.17) is 9.84 Å². The summed E-state index contributed by atoms with van der Waals surface area (Å²) in [6.07, 6.45) is -0.648. The minimum Gasteiger partial charge on any atom is -0.481 e. The van der Waals surface area contributed by atoms with Crippen LogP contribution in [-0.4, -0.2) is 44.1 Å². The van der Waals surface area contributed by atoms with Crippen LogP contribution >= 0.6 is 11.8 Å². The van der Waals surface area contributed by atoms with Gasteiger partial charge in [-0.05, 0) is 34.6 Å². The number of ether oxygens (including phenoxy) is 1. The van der Waals surface area contributed by atoms with E-state index in [9.17, 15) is 14.7 Å². The molecule has 1 fully saturated rings. The van der Waals surface area contributed by atoms with E-state index in [1.54, 1.807) is 34.6 Å². The molecule has 0 aromatic carbocycles. The fourth-order valence-electron chi connectivity index (χ4n) is 1.81. The minimum absolute atomic E-state index is 0.454. The summed E-state index contributed by atoms with van der Waals surface area (Å²) in [5.74, 6) is -1.86.